The van der Waals surface area contributed by atoms with Gasteiger partial charge in [0.25, 0.3) is 0 Å². The van der Waals surface area contributed by atoms with E-state index in [2.05, 4.69) is 37.9 Å². The van der Waals surface area contributed by atoms with Gasteiger partial charge in [0.15, 0.2) is 0 Å². The fraction of sp³-hybridized carbons (Fsp3) is 1.00. The zero-order chi connectivity index (χ0) is 14.6. The molecule has 1 heterocycles. The van der Waals surface area contributed by atoms with Crippen LogP contribution in [0.2, 0.25) is 0 Å². The first kappa shape index (κ1) is 16.3. The Bertz CT molecular complexity index is 268. The van der Waals surface area contributed by atoms with Gasteiger partial charge < -0.3 is 5.32 Å². The van der Waals surface area contributed by atoms with E-state index >= 15 is 0 Å². The van der Waals surface area contributed by atoms with Gasteiger partial charge in [0.05, 0.1) is 0 Å². The van der Waals surface area contributed by atoms with Crippen LogP contribution in [0.3, 0.4) is 0 Å². The van der Waals surface area contributed by atoms with Gasteiger partial charge in [-0.15, -0.1) is 0 Å². The van der Waals surface area contributed by atoms with Crippen LogP contribution < -0.4 is 5.32 Å². The summed E-state index contributed by atoms with van der Waals surface area (Å²) in [6.45, 7) is 14.7. The molecule has 0 bridgehead atoms. The molecule has 1 N–H and O–H groups in total. The lowest BCUT2D eigenvalue weighted by atomic mass is 9.70. The van der Waals surface area contributed by atoms with Gasteiger partial charge in [-0.25, -0.2) is 0 Å². The van der Waals surface area contributed by atoms with E-state index in [1.165, 1.54) is 64.7 Å². The van der Waals surface area contributed by atoms with E-state index in [0.717, 1.165) is 17.9 Å². The quantitative estimate of drug-likeness (QED) is 0.821. The highest BCUT2D eigenvalue weighted by Crippen LogP contribution is 2.39. The second-order valence-electron chi connectivity index (χ2n) is 8.33. The molecule has 2 aliphatic rings. The maximum absolute atomic E-state index is 3.74. The van der Waals surface area contributed by atoms with Crippen LogP contribution in [0.25, 0.3) is 0 Å². The molecule has 1 atom stereocenters. The highest BCUT2D eigenvalue weighted by atomic mass is 15.2. The zero-order valence-electron chi connectivity index (χ0n) is 14.3. The van der Waals surface area contributed by atoms with Crippen molar-refractivity contribution in [3.05, 3.63) is 0 Å². The molecule has 0 aromatic rings. The predicted molar refractivity (Wildman–Crippen MR) is 88.0 cm³/mol. The van der Waals surface area contributed by atoms with Crippen LogP contribution in [0, 0.1) is 17.3 Å². The summed E-state index contributed by atoms with van der Waals surface area (Å²) in [7, 11) is 0. The number of hydrogen-bond donors (Lipinski definition) is 1. The van der Waals surface area contributed by atoms with Crippen LogP contribution >= 0.6 is 0 Å². The minimum Gasteiger partial charge on any atom is -0.315 e. The topological polar surface area (TPSA) is 15.3 Å². The van der Waals surface area contributed by atoms with E-state index in [9.17, 15) is 0 Å². The van der Waals surface area contributed by atoms with Crippen molar-refractivity contribution in [3.63, 3.8) is 0 Å². The number of rotatable bonds is 5. The first-order valence-electron chi connectivity index (χ1n) is 8.91. The van der Waals surface area contributed by atoms with Gasteiger partial charge in [0, 0.05) is 12.6 Å². The summed E-state index contributed by atoms with van der Waals surface area (Å²) in [6, 6.07) is 0.725. The summed E-state index contributed by atoms with van der Waals surface area (Å²) >= 11 is 0. The number of nitrogens with one attached hydrogen (secondary N) is 1. The second-order valence-corrected chi connectivity index (χ2v) is 8.33. The maximum atomic E-state index is 3.74. The average molecular weight is 280 g/mol. The maximum Gasteiger partial charge on any atom is 0.0192 e. The molecule has 2 fully saturated rings. The lowest BCUT2D eigenvalue weighted by molar-refractivity contribution is 0.147. The Hall–Kier alpha value is -0.0800. The van der Waals surface area contributed by atoms with Gasteiger partial charge in [-0.3, -0.25) is 4.90 Å². The van der Waals surface area contributed by atoms with Gasteiger partial charge in [-0.05, 0) is 82.3 Å². The monoisotopic (exact) mass is 280 g/mol. The SMILES string of the molecule is CC(CNCC1CCC(C(C)(C)C)CC1)N1CCCC1. The lowest BCUT2D eigenvalue weighted by Crippen LogP contribution is -2.40. The van der Waals surface area contributed by atoms with E-state index in [0.29, 0.717) is 5.41 Å². The first-order valence-corrected chi connectivity index (χ1v) is 8.91. The molecule has 1 unspecified atom stereocenters. The van der Waals surface area contributed by atoms with Crippen molar-refractivity contribution >= 4 is 0 Å². The van der Waals surface area contributed by atoms with Gasteiger partial charge in [-0.1, -0.05) is 20.8 Å². The van der Waals surface area contributed by atoms with Crippen LogP contribution in [-0.4, -0.2) is 37.1 Å². The average Bonchev–Trinajstić information content (AvgIpc) is 2.92. The van der Waals surface area contributed by atoms with Crippen molar-refractivity contribution in [1.29, 1.82) is 0 Å². The Kier molecular flexibility index (Phi) is 5.92. The number of nitrogens with zero attached hydrogens (tertiary/aromatic N) is 1. The van der Waals surface area contributed by atoms with E-state index in [-0.39, 0.29) is 0 Å². The summed E-state index contributed by atoms with van der Waals surface area (Å²) in [5, 5.41) is 3.74. The molecule has 0 spiro atoms. The molecule has 118 valence electrons. The Balaban J connectivity index is 1.59. The van der Waals surface area contributed by atoms with Crippen molar-refractivity contribution in [2.45, 2.75) is 72.3 Å². The lowest BCUT2D eigenvalue weighted by Gasteiger charge is -2.37. The fourth-order valence-corrected chi connectivity index (χ4v) is 4.04. The minimum atomic E-state index is 0.517. The minimum absolute atomic E-state index is 0.517. The number of likely N-dealkylation sites (tertiary alicyclic amines) is 1. The molecule has 1 aliphatic carbocycles. The molecule has 1 saturated heterocycles. The molecule has 0 aromatic heterocycles. The third-order valence-corrected chi connectivity index (χ3v) is 5.71. The van der Waals surface area contributed by atoms with E-state index in [1.54, 1.807) is 0 Å². The highest BCUT2D eigenvalue weighted by molar-refractivity contribution is 4.82. The molecule has 2 heteroatoms. The highest BCUT2D eigenvalue weighted by Gasteiger charge is 2.29. The van der Waals surface area contributed by atoms with E-state index < -0.39 is 0 Å². The summed E-state index contributed by atoms with van der Waals surface area (Å²) < 4.78 is 0. The van der Waals surface area contributed by atoms with Crippen molar-refractivity contribution < 1.29 is 0 Å². The standard InChI is InChI=1S/C18H36N2/c1-15(20-11-5-6-12-20)13-19-14-16-7-9-17(10-8-16)18(2,3)4/h15-17,19H,5-14H2,1-4H3. The van der Waals surface area contributed by atoms with Gasteiger partial charge in [0.2, 0.25) is 0 Å². The van der Waals surface area contributed by atoms with Gasteiger partial charge in [-0.2, -0.15) is 0 Å². The van der Waals surface area contributed by atoms with Crippen LogP contribution in [0.15, 0.2) is 0 Å². The van der Waals surface area contributed by atoms with Crippen molar-refractivity contribution in [1.82, 2.24) is 10.2 Å². The second kappa shape index (κ2) is 7.26. The van der Waals surface area contributed by atoms with Crippen LogP contribution in [-0.2, 0) is 0 Å². The molecule has 0 aromatic carbocycles. The molecule has 0 amide bonds. The van der Waals surface area contributed by atoms with E-state index in [1.807, 2.05) is 0 Å². The molecule has 1 aliphatic heterocycles. The Morgan fingerprint density at radius 2 is 1.65 bits per heavy atom. The summed E-state index contributed by atoms with van der Waals surface area (Å²) in [5.41, 5.74) is 0.517. The molecular formula is C18H36N2. The summed E-state index contributed by atoms with van der Waals surface area (Å²) in [4.78, 5) is 2.64. The molecule has 2 nitrogen and oxygen atoms in total. The Morgan fingerprint density at radius 1 is 1.05 bits per heavy atom. The zero-order valence-corrected chi connectivity index (χ0v) is 14.3. The van der Waals surface area contributed by atoms with Gasteiger partial charge in [0.1, 0.15) is 0 Å². The number of hydrogen-bond acceptors (Lipinski definition) is 2. The third kappa shape index (κ3) is 4.73. The predicted octanol–water partition coefficient (Wildman–Crippen LogP) is 3.91. The molecule has 2 rings (SSSR count). The molecule has 1 saturated carbocycles. The Morgan fingerprint density at radius 3 is 2.20 bits per heavy atom. The van der Waals surface area contributed by atoms with Crippen molar-refractivity contribution in [3.8, 4) is 0 Å². The summed E-state index contributed by atoms with van der Waals surface area (Å²) in [6.07, 6.45) is 8.57. The first-order chi connectivity index (χ1) is 9.47. The summed E-state index contributed by atoms with van der Waals surface area (Å²) in [5.74, 6) is 1.88. The van der Waals surface area contributed by atoms with Crippen molar-refractivity contribution in [2.75, 3.05) is 26.2 Å². The van der Waals surface area contributed by atoms with Crippen LogP contribution in [0.5, 0.6) is 0 Å². The third-order valence-electron chi connectivity index (χ3n) is 5.71. The van der Waals surface area contributed by atoms with Crippen LogP contribution in [0.4, 0.5) is 0 Å². The smallest absolute Gasteiger partial charge is 0.0192 e. The normalized spacial score (nSPS) is 30.6. The van der Waals surface area contributed by atoms with Gasteiger partial charge >= 0.3 is 0 Å². The van der Waals surface area contributed by atoms with E-state index in [4.69, 9.17) is 0 Å². The Labute approximate surface area is 126 Å². The fourth-order valence-electron chi connectivity index (χ4n) is 4.04. The molecular weight excluding hydrogens is 244 g/mol. The van der Waals surface area contributed by atoms with Crippen LogP contribution in [0.1, 0.15) is 66.2 Å². The van der Waals surface area contributed by atoms with Crippen molar-refractivity contribution in [2.24, 2.45) is 17.3 Å². The molecule has 20 heavy (non-hydrogen) atoms. The largest absolute Gasteiger partial charge is 0.315 e. The molecule has 0 radical (unpaired) electrons.